The number of aryl methyl sites for hydroxylation is 2. The highest BCUT2D eigenvalue weighted by Crippen LogP contribution is 2.39. The number of nitrogens with zero attached hydrogens (tertiary/aromatic N) is 1. The van der Waals surface area contributed by atoms with Crippen LogP contribution in [0, 0.1) is 13.8 Å². The molecule has 4 nitrogen and oxygen atoms in total. The van der Waals surface area contributed by atoms with Crippen LogP contribution in [0.3, 0.4) is 0 Å². The molecule has 1 atom stereocenters. The van der Waals surface area contributed by atoms with E-state index in [1.807, 2.05) is 50.2 Å². The van der Waals surface area contributed by atoms with Crippen molar-refractivity contribution in [1.82, 2.24) is 4.90 Å². The Bertz CT molecular complexity index is 1070. The van der Waals surface area contributed by atoms with E-state index in [0.717, 1.165) is 36.0 Å². The van der Waals surface area contributed by atoms with Crippen LogP contribution in [0.2, 0.25) is 0 Å². The minimum absolute atomic E-state index is 0.0950. The van der Waals surface area contributed by atoms with Gasteiger partial charge in [0.05, 0.1) is 11.6 Å². The van der Waals surface area contributed by atoms with E-state index in [1.165, 1.54) is 70.6 Å². The monoisotopic (exact) mass is 531 g/mol. The van der Waals surface area contributed by atoms with Crippen LogP contribution in [0.1, 0.15) is 125 Å². The van der Waals surface area contributed by atoms with E-state index in [9.17, 15) is 14.7 Å². The van der Waals surface area contributed by atoms with Gasteiger partial charge in [0.1, 0.15) is 5.76 Å². The van der Waals surface area contributed by atoms with E-state index >= 15 is 0 Å². The molecule has 0 radical (unpaired) electrons. The molecule has 1 aliphatic rings. The van der Waals surface area contributed by atoms with E-state index in [-0.39, 0.29) is 11.3 Å². The van der Waals surface area contributed by atoms with Crippen LogP contribution in [0.5, 0.6) is 0 Å². The fourth-order valence-corrected chi connectivity index (χ4v) is 5.55. The third-order valence-electron chi connectivity index (χ3n) is 8.01. The van der Waals surface area contributed by atoms with Crippen molar-refractivity contribution in [3.63, 3.8) is 0 Å². The van der Waals surface area contributed by atoms with Crippen LogP contribution >= 0.6 is 0 Å². The maximum absolute atomic E-state index is 13.2. The molecule has 3 rings (SSSR count). The predicted octanol–water partition coefficient (Wildman–Crippen LogP) is 9.21. The number of unbranched alkanes of at least 4 members (excludes halogenated alkanes) is 13. The van der Waals surface area contributed by atoms with Crippen LogP contribution in [-0.4, -0.2) is 28.2 Å². The number of benzene rings is 2. The molecule has 0 saturated carbocycles. The van der Waals surface area contributed by atoms with Gasteiger partial charge in [0.25, 0.3) is 11.7 Å². The summed E-state index contributed by atoms with van der Waals surface area (Å²) in [6.07, 6.45) is 17.8. The lowest BCUT2D eigenvalue weighted by Gasteiger charge is -2.25. The molecule has 2 aromatic carbocycles. The number of hydrogen-bond acceptors (Lipinski definition) is 3. The van der Waals surface area contributed by atoms with Gasteiger partial charge in [-0.2, -0.15) is 0 Å². The van der Waals surface area contributed by atoms with Crippen molar-refractivity contribution in [1.29, 1.82) is 0 Å². The van der Waals surface area contributed by atoms with Crippen molar-refractivity contribution in [2.45, 2.75) is 117 Å². The highest BCUT2D eigenvalue weighted by molar-refractivity contribution is 6.46. The zero-order valence-corrected chi connectivity index (χ0v) is 24.5. The molecular formula is C35H49NO3. The molecule has 0 aliphatic carbocycles. The molecule has 2 aromatic rings. The van der Waals surface area contributed by atoms with Gasteiger partial charge in [-0.05, 0) is 25.8 Å². The molecule has 1 aliphatic heterocycles. The predicted molar refractivity (Wildman–Crippen MR) is 162 cm³/mol. The van der Waals surface area contributed by atoms with Gasteiger partial charge < -0.3 is 10.0 Å². The molecule has 1 saturated heterocycles. The van der Waals surface area contributed by atoms with Crippen LogP contribution in [-0.2, 0) is 9.59 Å². The van der Waals surface area contributed by atoms with Gasteiger partial charge in [-0.3, -0.25) is 9.59 Å². The summed E-state index contributed by atoms with van der Waals surface area (Å²) in [7, 11) is 0. The largest absolute Gasteiger partial charge is 0.507 e. The lowest BCUT2D eigenvalue weighted by Crippen LogP contribution is -2.30. The van der Waals surface area contributed by atoms with Gasteiger partial charge >= 0.3 is 0 Å². The minimum Gasteiger partial charge on any atom is -0.507 e. The fraction of sp³-hybridized carbons (Fsp3) is 0.543. The lowest BCUT2D eigenvalue weighted by molar-refractivity contribution is -0.139. The molecule has 212 valence electrons. The number of hydrogen-bond donors (Lipinski definition) is 1. The Hall–Kier alpha value is -2.88. The number of likely N-dealkylation sites (tertiary alicyclic amines) is 1. The summed E-state index contributed by atoms with van der Waals surface area (Å²) in [5, 5.41) is 11.2. The van der Waals surface area contributed by atoms with Gasteiger partial charge in [0.15, 0.2) is 0 Å². The Labute approximate surface area is 236 Å². The van der Waals surface area contributed by atoms with Crippen molar-refractivity contribution in [2.24, 2.45) is 0 Å². The first kappa shape index (κ1) is 30.7. The van der Waals surface area contributed by atoms with Crippen LogP contribution in [0.25, 0.3) is 5.76 Å². The number of amides is 1. The second kappa shape index (κ2) is 16.3. The molecule has 1 N–H and O–H groups in total. The van der Waals surface area contributed by atoms with Gasteiger partial charge in [0, 0.05) is 12.1 Å². The van der Waals surface area contributed by atoms with E-state index < -0.39 is 17.7 Å². The second-order valence-corrected chi connectivity index (χ2v) is 11.4. The third kappa shape index (κ3) is 9.08. The normalized spacial score (nSPS) is 16.8. The van der Waals surface area contributed by atoms with Crippen molar-refractivity contribution in [2.75, 3.05) is 6.54 Å². The summed E-state index contributed by atoms with van der Waals surface area (Å²) in [6.45, 7) is 6.78. The van der Waals surface area contributed by atoms with Gasteiger partial charge in [-0.15, -0.1) is 0 Å². The molecule has 0 aromatic heterocycles. The van der Waals surface area contributed by atoms with E-state index in [1.54, 1.807) is 17.0 Å². The zero-order valence-electron chi connectivity index (χ0n) is 24.5. The van der Waals surface area contributed by atoms with Crippen LogP contribution < -0.4 is 0 Å². The number of rotatable bonds is 17. The Kier molecular flexibility index (Phi) is 12.8. The van der Waals surface area contributed by atoms with Crippen molar-refractivity contribution >= 4 is 17.4 Å². The topological polar surface area (TPSA) is 57.6 Å². The zero-order chi connectivity index (χ0) is 28.0. The Morgan fingerprint density at radius 3 is 1.59 bits per heavy atom. The number of aliphatic hydroxyl groups is 1. The summed E-state index contributed by atoms with van der Waals surface area (Å²) in [5.74, 6) is -1.20. The number of aliphatic hydroxyl groups excluding tert-OH is 1. The smallest absolute Gasteiger partial charge is 0.295 e. The maximum atomic E-state index is 13.2. The molecule has 4 heteroatoms. The van der Waals surface area contributed by atoms with E-state index in [4.69, 9.17) is 0 Å². The summed E-state index contributed by atoms with van der Waals surface area (Å²) in [5.41, 5.74) is 3.80. The highest BCUT2D eigenvalue weighted by Gasteiger charge is 2.45. The molecular weight excluding hydrogens is 482 g/mol. The van der Waals surface area contributed by atoms with Crippen LogP contribution in [0.4, 0.5) is 0 Å². The molecule has 1 heterocycles. The average Bonchev–Trinajstić information content (AvgIpc) is 3.18. The van der Waals surface area contributed by atoms with Crippen molar-refractivity contribution in [3.05, 3.63) is 76.4 Å². The first-order valence-electron chi connectivity index (χ1n) is 15.4. The molecule has 0 bridgehead atoms. The fourth-order valence-electron chi connectivity index (χ4n) is 5.55. The van der Waals surface area contributed by atoms with E-state index in [0.29, 0.717) is 12.1 Å². The molecule has 1 amide bonds. The standard InChI is InChI=1S/C35H49NO3/c1-4-5-6-7-8-9-10-11-12-13-14-15-16-17-26-36-32(29-22-18-27(2)19-23-29)31(34(38)35(36)39)33(37)30-24-20-28(3)21-25-30/h18-25,32,37H,4-17,26H2,1-3H3/b33-31-. The lowest BCUT2D eigenvalue weighted by atomic mass is 9.94. The summed E-state index contributed by atoms with van der Waals surface area (Å²) in [4.78, 5) is 28.0. The highest BCUT2D eigenvalue weighted by atomic mass is 16.3. The average molecular weight is 532 g/mol. The Morgan fingerprint density at radius 2 is 1.10 bits per heavy atom. The molecule has 1 unspecified atom stereocenters. The number of ketones is 1. The Morgan fingerprint density at radius 1 is 0.667 bits per heavy atom. The third-order valence-corrected chi connectivity index (χ3v) is 8.01. The summed E-state index contributed by atoms with van der Waals surface area (Å²) < 4.78 is 0. The summed E-state index contributed by atoms with van der Waals surface area (Å²) >= 11 is 0. The number of Topliss-reactive ketones (excluding diaryl/α,β-unsaturated/α-hetero) is 1. The summed E-state index contributed by atoms with van der Waals surface area (Å²) in [6, 6.07) is 14.8. The van der Waals surface area contributed by atoms with Crippen molar-refractivity contribution < 1.29 is 14.7 Å². The van der Waals surface area contributed by atoms with Crippen molar-refractivity contribution in [3.8, 4) is 0 Å². The quantitative estimate of drug-likeness (QED) is 0.0958. The first-order chi connectivity index (χ1) is 18.9. The van der Waals surface area contributed by atoms with E-state index in [2.05, 4.69) is 6.92 Å². The Balaban J connectivity index is 1.52. The minimum atomic E-state index is -0.594. The van der Waals surface area contributed by atoms with Gasteiger partial charge in [-0.25, -0.2) is 0 Å². The number of carbonyl (C=O) groups excluding carboxylic acids is 2. The first-order valence-corrected chi connectivity index (χ1v) is 15.4. The molecule has 1 fully saturated rings. The van der Waals surface area contributed by atoms with Gasteiger partial charge in [0.2, 0.25) is 0 Å². The van der Waals surface area contributed by atoms with Gasteiger partial charge in [-0.1, -0.05) is 150 Å². The maximum Gasteiger partial charge on any atom is 0.295 e. The van der Waals surface area contributed by atoms with Crippen LogP contribution in [0.15, 0.2) is 54.1 Å². The second-order valence-electron chi connectivity index (χ2n) is 11.4. The number of carbonyl (C=O) groups is 2. The molecule has 0 spiro atoms. The SMILES string of the molecule is CCCCCCCCCCCCCCCCN1C(=O)C(=O)/C(=C(\O)c2ccc(C)cc2)C1c1ccc(C)cc1. The molecule has 39 heavy (non-hydrogen) atoms.